The van der Waals surface area contributed by atoms with Gasteiger partial charge in [0.05, 0.1) is 0 Å². The van der Waals surface area contributed by atoms with E-state index in [-0.39, 0.29) is 11.9 Å². The topological polar surface area (TPSA) is 46.3 Å². The first kappa shape index (κ1) is 14.5. The van der Waals surface area contributed by atoms with Crippen LogP contribution in [-0.2, 0) is 4.79 Å². The Kier molecular flexibility index (Phi) is 3.82. The summed E-state index contributed by atoms with van der Waals surface area (Å²) in [4.78, 5) is 13.4. The quantitative estimate of drug-likeness (QED) is 0.748. The van der Waals surface area contributed by atoms with Crippen molar-refractivity contribution in [3.63, 3.8) is 0 Å². The monoisotopic (exact) mass is 292 g/mol. The van der Waals surface area contributed by atoms with Gasteiger partial charge in [-0.2, -0.15) is 0 Å². The predicted octanol–water partition coefficient (Wildman–Crippen LogP) is 3.47. The lowest BCUT2D eigenvalue weighted by atomic mass is 9.97. The molecule has 0 saturated carbocycles. The molecule has 0 heterocycles. The summed E-state index contributed by atoms with van der Waals surface area (Å²) in [6, 6.07) is 19.1. The minimum Gasteiger partial charge on any atom is -0.370 e. The zero-order valence-corrected chi connectivity index (χ0v) is 12.9. The van der Waals surface area contributed by atoms with Crippen molar-refractivity contribution >= 4 is 27.5 Å². The van der Waals surface area contributed by atoms with Gasteiger partial charge >= 0.3 is 0 Å². The first-order valence-electron chi connectivity index (χ1n) is 7.42. The molecule has 0 spiro atoms. The third kappa shape index (κ3) is 2.81. The van der Waals surface area contributed by atoms with Gasteiger partial charge in [0.1, 0.15) is 0 Å². The van der Waals surface area contributed by atoms with Crippen molar-refractivity contribution in [3.8, 4) is 0 Å². The van der Waals surface area contributed by atoms with E-state index in [9.17, 15) is 4.79 Å². The number of hydrogen-bond acceptors (Lipinski definition) is 2. The minimum atomic E-state index is -0.280. The normalized spacial score (nSPS) is 12.9. The van der Waals surface area contributed by atoms with Crippen molar-refractivity contribution in [2.75, 3.05) is 14.1 Å². The second-order valence-electron chi connectivity index (χ2n) is 5.96. The van der Waals surface area contributed by atoms with Crippen molar-refractivity contribution < 1.29 is 4.79 Å². The molecule has 0 aliphatic rings. The van der Waals surface area contributed by atoms with E-state index in [1.807, 2.05) is 25.1 Å². The fourth-order valence-electron chi connectivity index (χ4n) is 2.95. The maximum Gasteiger partial charge on any atom is 0.219 e. The van der Waals surface area contributed by atoms with Crippen LogP contribution in [0.5, 0.6) is 0 Å². The zero-order valence-electron chi connectivity index (χ0n) is 12.9. The van der Waals surface area contributed by atoms with Gasteiger partial charge in [0.15, 0.2) is 0 Å². The average molecular weight is 292 g/mol. The summed E-state index contributed by atoms with van der Waals surface area (Å²) in [7, 11) is 3.94. The number of hydrogen-bond donors (Lipinski definition) is 1. The molecule has 3 aromatic carbocycles. The van der Waals surface area contributed by atoms with Crippen LogP contribution in [0.15, 0.2) is 54.6 Å². The number of primary amides is 1. The third-order valence-electron chi connectivity index (χ3n) is 4.13. The molecule has 3 rings (SSSR count). The number of nitrogens with two attached hydrogens (primary N) is 1. The molecule has 0 aliphatic heterocycles. The molecule has 0 bridgehead atoms. The van der Waals surface area contributed by atoms with Gasteiger partial charge in [0.2, 0.25) is 5.91 Å². The maximum atomic E-state index is 11.3. The second kappa shape index (κ2) is 5.78. The Hall–Kier alpha value is -2.39. The maximum absolute atomic E-state index is 11.3. The highest BCUT2D eigenvalue weighted by Crippen LogP contribution is 2.28. The number of rotatable bonds is 4. The molecule has 1 unspecified atom stereocenters. The summed E-state index contributed by atoms with van der Waals surface area (Å²) in [6.45, 7) is 0. The molecule has 0 radical (unpaired) electrons. The van der Waals surface area contributed by atoms with Gasteiger partial charge in [-0.15, -0.1) is 0 Å². The Morgan fingerprint density at radius 1 is 0.955 bits per heavy atom. The SMILES string of the molecule is CN(C)C(CC(N)=O)c1ccc2cc3ccccc3cc2c1. The van der Waals surface area contributed by atoms with E-state index < -0.39 is 0 Å². The Morgan fingerprint density at radius 2 is 1.55 bits per heavy atom. The van der Waals surface area contributed by atoms with Crippen molar-refractivity contribution in [1.29, 1.82) is 0 Å². The molecule has 1 amide bonds. The van der Waals surface area contributed by atoms with Gasteiger partial charge in [0.25, 0.3) is 0 Å². The number of carbonyl (C=O) groups is 1. The first-order valence-corrected chi connectivity index (χ1v) is 7.42. The highest BCUT2D eigenvalue weighted by molar-refractivity contribution is 5.98. The zero-order chi connectivity index (χ0) is 15.7. The first-order chi connectivity index (χ1) is 10.5. The fraction of sp³-hybridized carbons (Fsp3) is 0.211. The minimum absolute atomic E-state index is 0.00775. The molecule has 0 saturated heterocycles. The molecule has 2 N–H and O–H groups in total. The Morgan fingerprint density at radius 3 is 2.14 bits per heavy atom. The Bertz CT molecular complexity index is 839. The summed E-state index contributed by atoms with van der Waals surface area (Å²) < 4.78 is 0. The molecule has 22 heavy (non-hydrogen) atoms. The van der Waals surface area contributed by atoms with E-state index in [0.29, 0.717) is 6.42 Å². The van der Waals surface area contributed by atoms with Gasteiger partial charge < -0.3 is 10.6 Å². The van der Waals surface area contributed by atoms with Crippen LogP contribution in [0.4, 0.5) is 0 Å². The summed E-state index contributed by atoms with van der Waals surface area (Å²) in [5.41, 5.74) is 6.51. The van der Waals surface area contributed by atoms with Crippen LogP contribution in [0, 0.1) is 0 Å². The Balaban J connectivity index is 2.11. The molecule has 0 fully saturated rings. The highest BCUT2D eigenvalue weighted by Gasteiger charge is 2.17. The lowest BCUT2D eigenvalue weighted by Crippen LogP contribution is -2.25. The lowest BCUT2D eigenvalue weighted by Gasteiger charge is -2.24. The van der Waals surface area contributed by atoms with Gasteiger partial charge in [-0.3, -0.25) is 4.79 Å². The smallest absolute Gasteiger partial charge is 0.219 e. The summed E-state index contributed by atoms with van der Waals surface area (Å²) in [5.74, 6) is -0.280. The van der Waals surface area contributed by atoms with Crippen molar-refractivity contribution in [1.82, 2.24) is 4.90 Å². The molecular weight excluding hydrogens is 272 g/mol. The van der Waals surface area contributed by atoms with Gasteiger partial charge in [-0.25, -0.2) is 0 Å². The molecule has 3 nitrogen and oxygen atoms in total. The van der Waals surface area contributed by atoms with E-state index in [1.165, 1.54) is 21.5 Å². The number of carbonyl (C=O) groups excluding carboxylic acids is 1. The molecular formula is C19H20N2O. The lowest BCUT2D eigenvalue weighted by molar-refractivity contribution is -0.119. The van der Waals surface area contributed by atoms with E-state index in [2.05, 4.69) is 48.5 Å². The molecule has 0 aliphatic carbocycles. The second-order valence-corrected chi connectivity index (χ2v) is 5.96. The number of fused-ring (bicyclic) bond motifs is 2. The summed E-state index contributed by atoms with van der Waals surface area (Å²) >= 11 is 0. The van der Waals surface area contributed by atoms with Gasteiger partial charge in [-0.1, -0.05) is 36.4 Å². The largest absolute Gasteiger partial charge is 0.370 e. The highest BCUT2D eigenvalue weighted by atomic mass is 16.1. The van der Waals surface area contributed by atoms with E-state index >= 15 is 0 Å². The number of amides is 1. The molecule has 112 valence electrons. The Labute approximate surface area is 130 Å². The van der Waals surface area contributed by atoms with Crippen molar-refractivity contribution in [2.24, 2.45) is 5.73 Å². The summed E-state index contributed by atoms with van der Waals surface area (Å²) in [5, 5.41) is 4.86. The summed E-state index contributed by atoms with van der Waals surface area (Å²) in [6.07, 6.45) is 0.325. The van der Waals surface area contributed by atoms with Crippen LogP contribution in [-0.4, -0.2) is 24.9 Å². The van der Waals surface area contributed by atoms with Gasteiger partial charge in [-0.05, 0) is 59.4 Å². The van der Waals surface area contributed by atoms with Crippen LogP contribution in [0.3, 0.4) is 0 Å². The number of nitrogens with zero attached hydrogens (tertiary/aromatic N) is 1. The van der Waals surface area contributed by atoms with Crippen molar-refractivity contribution in [3.05, 3.63) is 60.2 Å². The van der Waals surface area contributed by atoms with E-state index in [4.69, 9.17) is 5.73 Å². The standard InChI is InChI=1S/C19H20N2O/c1-21(2)18(12-19(20)22)16-8-7-15-9-13-5-3-4-6-14(13)10-17(15)11-16/h3-11,18H,12H2,1-2H3,(H2,20,22). The molecule has 0 aromatic heterocycles. The molecule has 3 aromatic rings. The third-order valence-corrected chi connectivity index (χ3v) is 4.13. The fourth-order valence-corrected chi connectivity index (χ4v) is 2.95. The van der Waals surface area contributed by atoms with Crippen LogP contribution in [0.25, 0.3) is 21.5 Å². The van der Waals surface area contributed by atoms with Crippen LogP contribution < -0.4 is 5.73 Å². The molecule has 3 heteroatoms. The van der Waals surface area contributed by atoms with Crippen LogP contribution in [0.1, 0.15) is 18.0 Å². The average Bonchev–Trinajstić information content (AvgIpc) is 2.49. The van der Waals surface area contributed by atoms with Gasteiger partial charge in [0, 0.05) is 12.5 Å². The van der Waals surface area contributed by atoms with Crippen LogP contribution in [0.2, 0.25) is 0 Å². The molecule has 1 atom stereocenters. The van der Waals surface area contributed by atoms with E-state index in [0.717, 1.165) is 5.56 Å². The van der Waals surface area contributed by atoms with Crippen LogP contribution >= 0.6 is 0 Å². The van der Waals surface area contributed by atoms with E-state index in [1.54, 1.807) is 0 Å². The predicted molar refractivity (Wildman–Crippen MR) is 91.7 cm³/mol. The number of benzene rings is 3. The van der Waals surface area contributed by atoms with Crippen molar-refractivity contribution in [2.45, 2.75) is 12.5 Å².